The van der Waals surface area contributed by atoms with Crippen molar-refractivity contribution in [3.63, 3.8) is 0 Å². The number of hydrogen-bond acceptors (Lipinski definition) is 1. The number of ether oxygens (including phenoxy) is 1. The molecule has 0 N–H and O–H groups in total. The summed E-state index contributed by atoms with van der Waals surface area (Å²) >= 11 is 1.39. The van der Waals surface area contributed by atoms with Gasteiger partial charge in [-0.3, -0.25) is 0 Å². The van der Waals surface area contributed by atoms with Crippen molar-refractivity contribution < 1.29 is 35.5 Å². The molecule has 0 aliphatic heterocycles. The summed E-state index contributed by atoms with van der Waals surface area (Å²) in [4.78, 5) is -4.70. The van der Waals surface area contributed by atoms with Gasteiger partial charge in [0.2, 0.25) is 0 Å². The molecule has 0 amide bonds. The lowest BCUT2D eigenvalue weighted by Gasteiger charge is -2.22. The first kappa shape index (κ1) is 15.1. The molecule has 1 rings (SSSR count). The maximum absolute atomic E-state index is 12.7. The first-order valence-electron chi connectivity index (χ1n) is 4.24. The van der Waals surface area contributed by atoms with Crippen molar-refractivity contribution in [2.24, 2.45) is 0 Å². The summed E-state index contributed by atoms with van der Waals surface area (Å²) in [5.41, 5.74) is -1.28. The van der Waals surface area contributed by atoms with Gasteiger partial charge in [0.15, 0.2) is 0 Å². The highest BCUT2D eigenvalue weighted by atomic mass is 79.9. The predicted molar refractivity (Wildman–Crippen MR) is 50.9 cm³/mol. The quantitative estimate of drug-likeness (QED) is 0.574. The molecule has 0 heterocycles. The molecule has 0 saturated carbocycles. The standard InChI is InChI=1S/C9H4BrF7O/c10-8(14,15)9(16,17)18-6-3-1-2-5(4-6)7(11,12)13/h1-4H. The Kier molecular flexibility index (Phi) is 3.85. The van der Waals surface area contributed by atoms with E-state index < -0.39 is 28.4 Å². The summed E-state index contributed by atoms with van der Waals surface area (Å²) in [6.45, 7) is 0. The first-order chi connectivity index (χ1) is 7.93. The molecule has 0 unspecified atom stereocenters. The minimum Gasteiger partial charge on any atom is -0.427 e. The third kappa shape index (κ3) is 3.50. The molecule has 1 aromatic carbocycles. The van der Waals surface area contributed by atoms with Crippen molar-refractivity contribution in [2.75, 3.05) is 0 Å². The molecule has 1 nitrogen and oxygen atoms in total. The number of benzene rings is 1. The lowest BCUT2D eigenvalue weighted by molar-refractivity contribution is -0.266. The summed E-state index contributed by atoms with van der Waals surface area (Å²) in [7, 11) is 0. The second-order valence-corrected chi connectivity index (χ2v) is 4.14. The average molecular weight is 341 g/mol. The van der Waals surface area contributed by atoms with E-state index in [1.807, 2.05) is 0 Å². The molecule has 0 aliphatic carbocycles. The van der Waals surface area contributed by atoms with E-state index in [1.165, 1.54) is 15.9 Å². The van der Waals surface area contributed by atoms with Gasteiger partial charge in [-0.05, 0) is 18.2 Å². The Morgan fingerprint density at radius 1 is 0.944 bits per heavy atom. The fourth-order valence-corrected chi connectivity index (χ4v) is 1.02. The van der Waals surface area contributed by atoms with Crippen LogP contribution in [-0.2, 0) is 6.18 Å². The molecule has 0 aliphatic rings. The van der Waals surface area contributed by atoms with E-state index in [1.54, 1.807) is 0 Å². The molecule has 0 aromatic heterocycles. The summed E-state index contributed by atoms with van der Waals surface area (Å²) < 4.78 is 90.4. The van der Waals surface area contributed by atoms with Gasteiger partial charge in [-0.1, -0.05) is 6.07 Å². The van der Waals surface area contributed by atoms with Crippen LogP contribution in [0.3, 0.4) is 0 Å². The summed E-state index contributed by atoms with van der Waals surface area (Å²) in [5.74, 6) is -1.02. The lowest BCUT2D eigenvalue weighted by atomic mass is 10.2. The Balaban J connectivity index is 3.00. The minimum atomic E-state index is -4.97. The summed E-state index contributed by atoms with van der Waals surface area (Å²) in [6, 6.07) is 2.27. The van der Waals surface area contributed by atoms with Gasteiger partial charge in [-0.15, -0.1) is 0 Å². The van der Waals surface area contributed by atoms with Gasteiger partial charge in [0.1, 0.15) is 5.75 Å². The summed E-state index contributed by atoms with van der Waals surface area (Å²) in [5, 5.41) is 0. The van der Waals surface area contributed by atoms with Crippen molar-refractivity contribution in [3.8, 4) is 5.75 Å². The van der Waals surface area contributed by atoms with Crippen molar-refractivity contribution in [1.82, 2.24) is 0 Å². The van der Waals surface area contributed by atoms with Gasteiger partial charge in [-0.2, -0.15) is 30.7 Å². The van der Waals surface area contributed by atoms with Crippen molar-refractivity contribution >= 4 is 15.9 Å². The Morgan fingerprint density at radius 3 is 1.94 bits per heavy atom. The molecule has 0 bridgehead atoms. The molecule has 18 heavy (non-hydrogen) atoms. The summed E-state index contributed by atoms with van der Waals surface area (Å²) in [6.07, 6.45) is -9.76. The third-order valence-electron chi connectivity index (χ3n) is 1.74. The van der Waals surface area contributed by atoms with Crippen LogP contribution in [0.5, 0.6) is 5.75 Å². The molecule has 0 spiro atoms. The van der Waals surface area contributed by atoms with Crippen molar-refractivity contribution in [1.29, 1.82) is 0 Å². The molecule has 9 heteroatoms. The molecule has 0 atom stereocenters. The van der Waals surface area contributed by atoms with Crippen LogP contribution >= 0.6 is 15.9 Å². The SMILES string of the molecule is FC(F)(F)c1cccc(OC(F)(F)C(F)(F)Br)c1. The van der Waals surface area contributed by atoms with Gasteiger partial charge in [-0.25, -0.2) is 0 Å². The number of alkyl halides is 8. The zero-order chi connectivity index (χ0) is 14.2. The molecular formula is C9H4BrF7O. The minimum absolute atomic E-state index is 0.201. The van der Waals surface area contributed by atoms with Crippen LogP contribution < -0.4 is 4.74 Å². The largest absolute Gasteiger partial charge is 0.475 e. The van der Waals surface area contributed by atoms with Gasteiger partial charge < -0.3 is 4.74 Å². The maximum atomic E-state index is 12.7. The van der Waals surface area contributed by atoms with Crippen molar-refractivity contribution in [3.05, 3.63) is 29.8 Å². The van der Waals surface area contributed by atoms with Gasteiger partial charge in [0, 0.05) is 15.9 Å². The van der Waals surface area contributed by atoms with Crippen LogP contribution in [0.4, 0.5) is 30.7 Å². The Morgan fingerprint density at radius 2 is 1.50 bits per heavy atom. The number of hydrogen-bond donors (Lipinski definition) is 0. The lowest BCUT2D eigenvalue weighted by Crippen LogP contribution is -2.40. The van der Waals surface area contributed by atoms with E-state index in [4.69, 9.17) is 0 Å². The van der Waals surface area contributed by atoms with E-state index in [2.05, 4.69) is 4.74 Å². The fraction of sp³-hybridized carbons (Fsp3) is 0.333. The van der Waals surface area contributed by atoms with E-state index in [0.29, 0.717) is 12.1 Å². The average Bonchev–Trinajstić information content (AvgIpc) is 2.14. The van der Waals surface area contributed by atoms with Crippen LogP contribution in [0.2, 0.25) is 0 Å². The van der Waals surface area contributed by atoms with Gasteiger partial charge in [0.25, 0.3) is 0 Å². The topological polar surface area (TPSA) is 9.23 Å². The normalized spacial score (nSPS) is 13.6. The molecule has 102 valence electrons. The highest BCUT2D eigenvalue weighted by molar-refractivity contribution is 9.10. The Labute approximate surface area is 105 Å². The first-order valence-corrected chi connectivity index (χ1v) is 5.03. The van der Waals surface area contributed by atoms with Crippen LogP contribution in [0.25, 0.3) is 0 Å². The second kappa shape index (κ2) is 4.60. The highest BCUT2D eigenvalue weighted by Gasteiger charge is 2.57. The van der Waals surface area contributed by atoms with Crippen LogP contribution in [0.15, 0.2) is 24.3 Å². The van der Waals surface area contributed by atoms with Crippen LogP contribution in [-0.4, -0.2) is 10.9 Å². The number of rotatable bonds is 3. The smallest absolute Gasteiger partial charge is 0.427 e. The predicted octanol–water partition coefficient (Wildman–Crippen LogP) is 4.66. The van der Waals surface area contributed by atoms with Gasteiger partial charge >= 0.3 is 17.1 Å². The highest BCUT2D eigenvalue weighted by Crippen LogP contribution is 2.41. The number of halogens is 8. The van der Waals surface area contributed by atoms with Crippen LogP contribution in [0.1, 0.15) is 5.56 Å². The molecular weight excluding hydrogens is 337 g/mol. The zero-order valence-corrected chi connectivity index (χ0v) is 9.83. The van der Waals surface area contributed by atoms with E-state index >= 15 is 0 Å². The molecule has 0 fully saturated rings. The van der Waals surface area contributed by atoms with E-state index in [0.717, 1.165) is 6.07 Å². The van der Waals surface area contributed by atoms with E-state index in [9.17, 15) is 30.7 Å². The third-order valence-corrected chi connectivity index (χ3v) is 2.20. The fourth-order valence-electron chi connectivity index (χ4n) is 0.942. The second-order valence-electron chi connectivity index (χ2n) is 3.14. The zero-order valence-electron chi connectivity index (χ0n) is 8.24. The molecule has 1 aromatic rings. The Hall–Kier alpha value is -0.990. The van der Waals surface area contributed by atoms with Crippen molar-refractivity contribution in [2.45, 2.75) is 17.1 Å². The monoisotopic (exact) mass is 340 g/mol. The van der Waals surface area contributed by atoms with E-state index in [-0.39, 0.29) is 6.07 Å². The Bertz CT molecular complexity index is 424. The van der Waals surface area contributed by atoms with Crippen LogP contribution in [0, 0.1) is 0 Å². The van der Waals surface area contributed by atoms with Gasteiger partial charge in [0.05, 0.1) is 5.56 Å². The maximum Gasteiger partial charge on any atom is 0.475 e. The molecule has 0 saturated heterocycles. The molecule has 0 radical (unpaired) electrons.